The smallest absolute Gasteiger partial charge is 0.229 e. The first-order valence-corrected chi connectivity index (χ1v) is 8.68. The molecule has 1 saturated heterocycles. The van der Waals surface area contributed by atoms with Crippen LogP contribution in [0.2, 0.25) is 0 Å². The van der Waals surface area contributed by atoms with Crippen LogP contribution in [0.3, 0.4) is 0 Å². The molecule has 0 aliphatic carbocycles. The molecule has 0 radical (unpaired) electrons. The van der Waals surface area contributed by atoms with Gasteiger partial charge in [0.2, 0.25) is 11.8 Å². The standard InChI is InChI=1S/C18H23FN4O2/c1-11(2)5-4-8-20-18(25)12-9-15(24)23(10-12)17-16-13(19)6-3-7-14(16)21-22-17/h3,6-7,11-12H,4-5,8-10H2,1-2H3,(H,20,25)(H,21,22). The SMILES string of the molecule is CC(C)CCCNC(=O)C1CC(=O)N(c2n[nH]c3cccc(F)c23)C1. The second-order valence-electron chi connectivity index (χ2n) is 6.94. The van der Waals surface area contributed by atoms with Crippen molar-refractivity contribution >= 4 is 28.5 Å². The summed E-state index contributed by atoms with van der Waals surface area (Å²) in [5.41, 5.74) is 0.532. The zero-order valence-corrected chi connectivity index (χ0v) is 14.5. The molecule has 0 bridgehead atoms. The van der Waals surface area contributed by atoms with Crippen LogP contribution in [-0.4, -0.2) is 35.1 Å². The number of aromatic amines is 1. The second kappa shape index (κ2) is 7.21. The number of aromatic nitrogens is 2. The van der Waals surface area contributed by atoms with Gasteiger partial charge in [0.25, 0.3) is 0 Å². The van der Waals surface area contributed by atoms with Crippen molar-refractivity contribution in [1.82, 2.24) is 15.5 Å². The Morgan fingerprint density at radius 3 is 3.04 bits per heavy atom. The van der Waals surface area contributed by atoms with Crippen LogP contribution in [0.5, 0.6) is 0 Å². The minimum absolute atomic E-state index is 0.124. The first kappa shape index (κ1) is 17.4. The molecule has 134 valence electrons. The number of amides is 2. The summed E-state index contributed by atoms with van der Waals surface area (Å²) in [6, 6.07) is 4.62. The highest BCUT2D eigenvalue weighted by Gasteiger charge is 2.37. The van der Waals surface area contributed by atoms with E-state index in [1.54, 1.807) is 12.1 Å². The van der Waals surface area contributed by atoms with E-state index in [2.05, 4.69) is 29.4 Å². The van der Waals surface area contributed by atoms with Gasteiger partial charge in [0.15, 0.2) is 5.82 Å². The Labute approximate surface area is 145 Å². The van der Waals surface area contributed by atoms with Gasteiger partial charge in [0, 0.05) is 19.5 Å². The number of benzene rings is 1. The Balaban J connectivity index is 1.67. The Hall–Kier alpha value is -2.44. The van der Waals surface area contributed by atoms with Crippen LogP contribution >= 0.6 is 0 Å². The monoisotopic (exact) mass is 346 g/mol. The number of nitrogens with one attached hydrogen (secondary N) is 2. The number of fused-ring (bicyclic) bond motifs is 1. The summed E-state index contributed by atoms with van der Waals surface area (Å²) in [5.74, 6) is -0.337. The number of H-pyrrole nitrogens is 1. The third kappa shape index (κ3) is 3.65. The Morgan fingerprint density at radius 2 is 2.28 bits per heavy atom. The maximum atomic E-state index is 14.1. The van der Waals surface area contributed by atoms with Gasteiger partial charge in [-0.15, -0.1) is 0 Å². The summed E-state index contributed by atoms with van der Waals surface area (Å²) in [5, 5.41) is 10.0. The molecule has 1 aromatic heterocycles. The average Bonchev–Trinajstić information content (AvgIpc) is 3.15. The topological polar surface area (TPSA) is 78.1 Å². The molecule has 7 heteroatoms. The van der Waals surface area contributed by atoms with Crippen molar-refractivity contribution in [3.63, 3.8) is 0 Å². The summed E-state index contributed by atoms with van der Waals surface area (Å²) in [7, 11) is 0. The highest BCUT2D eigenvalue weighted by molar-refractivity contribution is 6.05. The van der Waals surface area contributed by atoms with Crippen LogP contribution in [0.4, 0.5) is 10.2 Å². The number of hydrogen-bond donors (Lipinski definition) is 2. The van der Waals surface area contributed by atoms with Gasteiger partial charge >= 0.3 is 0 Å². The van der Waals surface area contributed by atoms with Crippen molar-refractivity contribution in [2.75, 3.05) is 18.0 Å². The molecule has 1 atom stereocenters. The van der Waals surface area contributed by atoms with E-state index in [-0.39, 0.29) is 36.0 Å². The predicted molar refractivity (Wildman–Crippen MR) is 93.6 cm³/mol. The fourth-order valence-corrected chi connectivity index (χ4v) is 3.16. The number of carbonyl (C=O) groups is 2. The summed E-state index contributed by atoms with van der Waals surface area (Å²) >= 11 is 0. The first-order valence-electron chi connectivity index (χ1n) is 8.68. The highest BCUT2D eigenvalue weighted by Crippen LogP contribution is 2.31. The second-order valence-corrected chi connectivity index (χ2v) is 6.94. The molecule has 3 rings (SSSR count). The number of nitrogens with zero attached hydrogens (tertiary/aromatic N) is 2. The van der Waals surface area contributed by atoms with Gasteiger partial charge in [-0.05, 0) is 30.9 Å². The number of rotatable bonds is 6. The summed E-state index contributed by atoms with van der Waals surface area (Å²) in [4.78, 5) is 26.0. The van der Waals surface area contributed by atoms with Crippen molar-refractivity contribution in [2.24, 2.45) is 11.8 Å². The third-order valence-corrected chi connectivity index (χ3v) is 4.53. The molecule has 1 aliphatic rings. The van der Waals surface area contributed by atoms with Crippen molar-refractivity contribution in [3.8, 4) is 0 Å². The van der Waals surface area contributed by atoms with Gasteiger partial charge in [-0.2, -0.15) is 5.10 Å². The largest absolute Gasteiger partial charge is 0.356 e. The maximum Gasteiger partial charge on any atom is 0.229 e. The molecular weight excluding hydrogens is 323 g/mol. The van der Waals surface area contributed by atoms with E-state index >= 15 is 0 Å². The molecule has 1 unspecified atom stereocenters. The zero-order chi connectivity index (χ0) is 18.0. The molecular formula is C18H23FN4O2. The van der Waals surface area contributed by atoms with Crippen molar-refractivity contribution in [1.29, 1.82) is 0 Å². The Morgan fingerprint density at radius 1 is 1.48 bits per heavy atom. The normalized spacial score (nSPS) is 17.7. The molecule has 0 saturated carbocycles. The van der Waals surface area contributed by atoms with Crippen molar-refractivity contribution < 1.29 is 14.0 Å². The zero-order valence-electron chi connectivity index (χ0n) is 14.5. The van der Waals surface area contributed by atoms with Crippen molar-refractivity contribution in [2.45, 2.75) is 33.1 Å². The van der Waals surface area contributed by atoms with Crippen molar-refractivity contribution in [3.05, 3.63) is 24.0 Å². The van der Waals surface area contributed by atoms with Crippen LogP contribution in [0.1, 0.15) is 33.1 Å². The lowest BCUT2D eigenvalue weighted by molar-refractivity contribution is -0.126. The third-order valence-electron chi connectivity index (χ3n) is 4.53. The van der Waals surface area contributed by atoms with Crippen LogP contribution < -0.4 is 10.2 Å². The maximum absolute atomic E-state index is 14.1. The number of carbonyl (C=O) groups excluding carboxylic acids is 2. The molecule has 1 aromatic carbocycles. The van der Waals surface area contributed by atoms with E-state index in [1.807, 2.05) is 0 Å². The molecule has 2 amide bonds. The summed E-state index contributed by atoms with van der Waals surface area (Å²) in [6.45, 7) is 5.12. The van der Waals surface area contributed by atoms with E-state index in [0.29, 0.717) is 18.0 Å². The lowest BCUT2D eigenvalue weighted by Gasteiger charge is -2.14. The lowest BCUT2D eigenvalue weighted by Crippen LogP contribution is -2.33. The highest BCUT2D eigenvalue weighted by atomic mass is 19.1. The van der Waals surface area contributed by atoms with Crippen LogP contribution in [-0.2, 0) is 9.59 Å². The lowest BCUT2D eigenvalue weighted by atomic mass is 10.1. The fraction of sp³-hybridized carbons (Fsp3) is 0.500. The van der Waals surface area contributed by atoms with Gasteiger partial charge in [0.05, 0.1) is 16.8 Å². The van der Waals surface area contributed by atoms with E-state index in [0.717, 1.165) is 12.8 Å². The molecule has 25 heavy (non-hydrogen) atoms. The van der Waals surface area contributed by atoms with Crippen LogP contribution in [0.25, 0.3) is 10.9 Å². The molecule has 1 fully saturated rings. The number of halogens is 1. The van der Waals surface area contributed by atoms with E-state index in [9.17, 15) is 14.0 Å². The Kier molecular flexibility index (Phi) is 5.01. The average molecular weight is 346 g/mol. The minimum atomic E-state index is -0.435. The van der Waals surface area contributed by atoms with E-state index < -0.39 is 11.7 Å². The molecule has 1 aliphatic heterocycles. The minimum Gasteiger partial charge on any atom is -0.356 e. The van der Waals surface area contributed by atoms with Crippen LogP contribution in [0.15, 0.2) is 18.2 Å². The molecule has 6 nitrogen and oxygen atoms in total. The van der Waals surface area contributed by atoms with E-state index in [1.165, 1.54) is 11.0 Å². The molecule has 2 N–H and O–H groups in total. The van der Waals surface area contributed by atoms with Gasteiger partial charge in [-0.1, -0.05) is 19.9 Å². The van der Waals surface area contributed by atoms with Gasteiger partial charge in [0.1, 0.15) is 5.82 Å². The number of hydrogen-bond acceptors (Lipinski definition) is 3. The molecule has 2 heterocycles. The van der Waals surface area contributed by atoms with Crippen LogP contribution in [0, 0.1) is 17.7 Å². The van der Waals surface area contributed by atoms with E-state index in [4.69, 9.17) is 0 Å². The Bertz CT molecular complexity index is 786. The fourth-order valence-electron chi connectivity index (χ4n) is 3.16. The predicted octanol–water partition coefficient (Wildman–Crippen LogP) is 2.61. The molecule has 2 aromatic rings. The summed E-state index contributed by atoms with van der Waals surface area (Å²) < 4.78 is 14.1. The number of anilines is 1. The quantitative estimate of drug-likeness (QED) is 0.789. The molecule has 0 spiro atoms. The van der Waals surface area contributed by atoms with Gasteiger partial charge in [-0.3, -0.25) is 19.6 Å². The van der Waals surface area contributed by atoms with Gasteiger partial charge < -0.3 is 5.32 Å². The first-order chi connectivity index (χ1) is 12.0. The summed E-state index contributed by atoms with van der Waals surface area (Å²) in [6.07, 6.45) is 2.09. The van der Waals surface area contributed by atoms with Gasteiger partial charge in [-0.25, -0.2) is 4.39 Å².